The lowest BCUT2D eigenvalue weighted by atomic mass is 9.89. The van der Waals surface area contributed by atoms with Crippen LogP contribution in [-0.4, -0.2) is 34.0 Å². The molecule has 2 heterocycles. The van der Waals surface area contributed by atoms with Crippen molar-refractivity contribution < 1.29 is 9.32 Å². The van der Waals surface area contributed by atoms with Crippen LogP contribution in [0.5, 0.6) is 0 Å². The Labute approximate surface area is 112 Å². The van der Waals surface area contributed by atoms with Crippen molar-refractivity contribution in [3.05, 3.63) is 11.7 Å². The molecule has 1 fully saturated rings. The summed E-state index contributed by atoms with van der Waals surface area (Å²) >= 11 is 0. The molecular formula is C12H21N5O2. The molecule has 0 saturated carbocycles. The number of amides is 1. The van der Waals surface area contributed by atoms with Gasteiger partial charge < -0.3 is 16.0 Å². The maximum atomic E-state index is 11.4. The maximum Gasteiger partial charge on any atom is 0.240 e. The van der Waals surface area contributed by atoms with Gasteiger partial charge in [0.15, 0.2) is 5.82 Å². The first-order valence-electron chi connectivity index (χ1n) is 6.35. The summed E-state index contributed by atoms with van der Waals surface area (Å²) in [6, 6.07) is 0. The van der Waals surface area contributed by atoms with Crippen LogP contribution in [0.4, 0.5) is 0 Å². The summed E-state index contributed by atoms with van der Waals surface area (Å²) in [5.41, 5.74) is 10.2. The summed E-state index contributed by atoms with van der Waals surface area (Å²) in [6.45, 7) is 7.46. The molecule has 1 atom stereocenters. The number of aromatic nitrogens is 2. The smallest absolute Gasteiger partial charge is 0.240 e. The van der Waals surface area contributed by atoms with Crippen LogP contribution in [0.2, 0.25) is 0 Å². The molecule has 19 heavy (non-hydrogen) atoms. The van der Waals surface area contributed by atoms with Crippen molar-refractivity contribution in [3.63, 3.8) is 0 Å². The number of primary amides is 1. The van der Waals surface area contributed by atoms with Gasteiger partial charge in [-0.15, -0.1) is 0 Å². The summed E-state index contributed by atoms with van der Waals surface area (Å²) in [5.74, 6) is 0.742. The highest BCUT2D eigenvalue weighted by molar-refractivity contribution is 5.81. The Hall–Kier alpha value is -1.47. The van der Waals surface area contributed by atoms with Crippen LogP contribution >= 0.6 is 0 Å². The summed E-state index contributed by atoms with van der Waals surface area (Å²) < 4.78 is 5.18. The van der Waals surface area contributed by atoms with E-state index in [0.717, 1.165) is 13.0 Å². The Balaban J connectivity index is 2.00. The molecule has 1 amide bonds. The summed E-state index contributed by atoms with van der Waals surface area (Å²) in [5, 5.41) is 3.87. The van der Waals surface area contributed by atoms with Gasteiger partial charge in [-0.3, -0.25) is 9.69 Å². The zero-order chi connectivity index (χ0) is 14.3. The maximum absolute atomic E-state index is 11.4. The molecule has 7 nitrogen and oxygen atoms in total. The quantitative estimate of drug-likeness (QED) is 0.791. The molecule has 4 N–H and O–H groups in total. The fourth-order valence-corrected chi connectivity index (χ4v) is 2.16. The highest BCUT2D eigenvalue weighted by atomic mass is 16.5. The van der Waals surface area contributed by atoms with E-state index in [1.54, 1.807) is 0 Å². The Kier molecular flexibility index (Phi) is 3.36. The number of rotatable bonds is 4. The predicted octanol–water partition coefficient (Wildman–Crippen LogP) is -0.0393. The second-order valence-electron chi connectivity index (χ2n) is 6.12. The van der Waals surface area contributed by atoms with Gasteiger partial charge in [-0.05, 0) is 33.7 Å². The summed E-state index contributed by atoms with van der Waals surface area (Å²) in [7, 11) is 0. The van der Waals surface area contributed by atoms with E-state index in [2.05, 4.69) is 15.0 Å². The van der Waals surface area contributed by atoms with E-state index in [1.165, 1.54) is 0 Å². The molecule has 1 aliphatic rings. The first kappa shape index (κ1) is 14.0. The van der Waals surface area contributed by atoms with Crippen LogP contribution in [0.15, 0.2) is 4.52 Å². The second-order valence-corrected chi connectivity index (χ2v) is 6.12. The number of hydrogen-bond acceptors (Lipinski definition) is 6. The lowest BCUT2D eigenvalue weighted by molar-refractivity contribution is -0.126. The van der Waals surface area contributed by atoms with E-state index in [-0.39, 0.29) is 5.91 Å². The predicted molar refractivity (Wildman–Crippen MR) is 68.7 cm³/mol. The normalized spacial score (nSPS) is 24.8. The zero-order valence-electron chi connectivity index (χ0n) is 11.6. The molecule has 0 radical (unpaired) electrons. The van der Waals surface area contributed by atoms with Gasteiger partial charge in [0.2, 0.25) is 11.8 Å². The van der Waals surface area contributed by atoms with Gasteiger partial charge in [0.25, 0.3) is 0 Å². The minimum Gasteiger partial charge on any atom is -0.369 e. The molecule has 0 bridgehead atoms. The topological polar surface area (TPSA) is 111 Å². The third-order valence-electron chi connectivity index (χ3n) is 3.55. The fourth-order valence-electron chi connectivity index (χ4n) is 2.16. The van der Waals surface area contributed by atoms with E-state index in [4.69, 9.17) is 16.0 Å². The van der Waals surface area contributed by atoms with Crippen molar-refractivity contribution in [1.29, 1.82) is 0 Å². The van der Waals surface area contributed by atoms with Gasteiger partial charge in [0.1, 0.15) is 0 Å². The summed E-state index contributed by atoms with van der Waals surface area (Å²) in [4.78, 5) is 17.8. The largest absolute Gasteiger partial charge is 0.369 e. The highest BCUT2D eigenvalue weighted by Gasteiger charge is 2.39. The van der Waals surface area contributed by atoms with E-state index in [1.807, 2.05) is 20.8 Å². The van der Waals surface area contributed by atoms with Crippen molar-refractivity contribution in [2.24, 2.45) is 16.9 Å². The Morgan fingerprint density at radius 1 is 1.58 bits per heavy atom. The molecule has 1 aromatic rings. The van der Waals surface area contributed by atoms with E-state index < -0.39 is 11.0 Å². The minimum absolute atomic E-state index is 0.260. The third kappa shape index (κ3) is 2.93. The molecule has 1 aliphatic heterocycles. The SMILES string of the molecule is CC1(C(N)=O)CCN(Cc2nc(C(C)(C)N)no2)C1. The Morgan fingerprint density at radius 2 is 2.26 bits per heavy atom. The average molecular weight is 267 g/mol. The van der Waals surface area contributed by atoms with Crippen LogP contribution in [0.3, 0.4) is 0 Å². The highest BCUT2D eigenvalue weighted by Crippen LogP contribution is 2.30. The molecule has 1 saturated heterocycles. The van der Waals surface area contributed by atoms with Crippen LogP contribution in [0.25, 0.3) is 0 Å². The number of likely N-dealkylation sites (tertiary alicyclic amines) is 1. The van der Waals surface area contributed by atoms with Crippen molar-refractivity contribution >= 4 is 5.91 Å². The van der Waals surface area contributed by atoms with Crippen molar-refractivity contribution in [3.8, 4) is 0 Å². The standard InChI is InChI=1S/C12H21N5O2/c1-11(2,14)10-15-8(19-16-10)6-17-5-4-12(3,7-17)9(13)18/h4-7,14H2,1-3H3,(H2,13,18). The molecule has 2 rings (SSSR count). The molecule has 1 aromatic heterocycles. The van der Waals surface area contributed by atoms with Crippen molar-refractivity contribution in [2.75, 3.05) is 13.1 Å². The van der Waals surface area contributed by atoms with Gasteiger partial charge in [0, 0.05) is 6.54 Å². The Morgan fingerprint density at radius 3 is 2.74 bits per heavy atom. The lowest BCUT2D eigenvalue weighted by Gasteiger charge is -2.19. The zero-order valence-corrected chi connectivity index (χ0v) is 11.6. The first-order valence-corrected chi connectivity index (χ1v) is 6.35. The molecule has 0 spiro atoms. The summed E-state index contributed by atoms with van der Waals surface area (Å²) in [6.07, 6.45) is 0.756. The van der Waals surface area contributed by atoms with Crippen LogP contribution < -0.4 is 11.5 Å². The monoisotopic (exact) mass is 267 g/mol. The average Bonchev–Trinajstić information content (AvgIpc) is 2.86. The fraction of sp³-hybridized carbons (Fsp3) is 0.750. The van der Waals surface area contributed by atoms with Crippen LogP contribution in [0.1, 0.15) is 38.9 Å². The third-order valence-corrected chi connectivity index (χ3v) is 3.55. The molecule has 0 aliphatic carbocycles. The van der Waals surface area contributed by atoms with Crippen LogP contribution in [0, 0.1) is 5.41 Å². The lowest BCUT2D eigenvalue weighted by Crippen LogP contribution is -2.37. The van der Waals surface area contributed by atoms with Gasteiger partial charge in [-0.25, -0.2) is 0 Å². The van der Waals surface area contributed by atoms with E-state index >= 15 is 0 Å². The molecule has 7 heteroatoms. The second kappa shape index (κ2) is 4.57. The van der Waals surface area contributed by atoms with Crippen molar-refractivity contribution in [1.82, 2.24) is 15.0 Å². The molecule has 106 valence electrons. The van der Waals surface area contributed by atoms with E-state index in [9.17, 15) is 4.79 Å². The number of nitrogens with two attached hydrogens (primary N) is 2. The minimum atomic E-state index is -0.617. The molecule has 0 aromatic carbocycles. The number of nitrogens with zero attached hydrogens (tertiary/aromatic N) is 3. The molecule has 1 unspecified atom stereocenters. The number of carbonyl (C=O) groups is 1. The van der Waals surface area contributed by atoms with Crippen molar-refractivity contribution in [2.45, 2.75) is 39.3 Å². The number of carbonyl (C=O) groups excluding carboxylic acids is 1. The van der Waals surface area contributed by atoms with Gasteiger partial charge >= 0.3 is 0 Å². The van der Waals surface area contributed by atoms with Crippen LogP contribution in [-0.2, 0) is 16.9 Å². The van der Waals surface area contributed by atoms with E-state index in [0.29, 0.717) is 24.8 Å². The first-order chi connectivity index (χ1) is 8.71. The molecular weight excluding hydrogens is 246 g/mol. The van der Waals surface area contributed by atoms with Gasteiger partial charge in [-0.1, -0.05) is 5.16 Å². The van der Waals surface area contributed by atoms with Gasteiger partial charge in [-0.2, -0.15) is 4.98 Å². The Bertz CT molecular complexity index is 479. The number of hydrogen-bond donors (Lipinski definition) is 2. The van der Waals surface area contributed by atoms with Gasteiger partial charge in [0.05, 0.1) is 17.5 Å².